The Morgan fingerprint density at radius 3 is 2.52 bits per heavy atom. The largest absolute Gasteiger partial charge is 0.321 e. The van der Waals surface area contributed by atoms with Crippen LogP contribution in [0, 0.1) is 0 Å². The molecule has 0 saturated carbocycles. The first-order valence-corrected chi connectivity index (χ1v) is 7.27. The highest BCUT2D eigenvalue weighted by molar-refractivity contribution is 5.84. The molecule has 23 heavy (non-hydrogen) atoms. The minimum Gasteiger partial charge on any atom is -0.321 e. The lowest BCUT2D eigenvalue weighted by Gasteiger charge is -2.05. The van der Waals surface area contributed by atoms with E-state index in [-0.39, 0.29) is 5.56 Å². The maximum absolute atomic E-state index is 12.2. The summed E-state index contributed by atoms with van der Waals surface area (Å²) >= 11 is 0. The molecule has 0 aliphatic rings. The van der Waals surface area contributed by atoms with Gasteiger partial charge in [0.25, 0.3) is 5.56 Å². The van der Waals surface area contributed by atoms with E-state index in [4.69, 9.17) is 0 Å². The van der Waals surface area contributed by atoms with E-state index in [0.717, 1.165) is 27.8 Å². The van der Waals surface area contributed by atoms with Crippen LogP contribution >= 0.6 is 0 Å². The van der Waals surface area contributed by atoms with Gasteiger partial charge in [0.05, 0.1) is 11.6 Å². The van der Waals surface area contributed by atoms with Gasteiger partial charge < -0.3 is 4.98 Å². The molecule has 0 aliphatic heterocycles. The lowest BCUT2D eigenvalue weighted by molar-refractivity contribution is 0.768. The maximum atomic E-state index is 12.2. The predicted molar refractivity (Wildman–Crippen MR) is 90.0 cm³/mol. The van der Waals surface area contributed by atoms with Crippen molar-refractivity contribution in [3.05, 3.63) is 71.5 Å². The van der Waals surface area contributed by atoms with Crippen molar-refractivity contribution in [3.63, 3.8) is 0 Å². The van der Waals surface area contributed by atoms with Gasteiger partial charge in [-0.15, -0.1) is 0 Å². The quantitative estimate of drug-likeness (QED) is 0.619. The zero-order valence-electron chi connectivity index (χ0n) is 12.5. The molecular formula is C18H14N4O. The Labute approximate surface area is 132 Å². The van der Waals surface area contributed by atoms with Crippen molar-refractivity contribution in [1.82, 2.24) is 19.7 Å². The molecule has 1 aromatic carbocycles. The van der Waals surface area contributed by atoms with Gasteiger partial charge in [0, 0.05) is 42.3 Å². The Bertz CT molecular complexity index is 1040. The summed E-state index contributed by atoms with van der Waals surface area (Å²) in [5.41, 5.74) is 3.80. The summed E-state index contributed by atoms with van der Waals surface area (Å²) in [7, 11) is 1.89. The fourth-order valence-electron chi connectivity index (χ4n) is 2.68. The second kappa shape index (κ2) is 5.21. The number of aromatic nitrogens is 4. The summed E-state index contributed by atoms with van der Waals surface area (Å²) < 4.78 is 1.77. The molecule has 112 valence electrons. The van der Waals surface area contributed by atoms with Gasteiger partial charge in [0.2, 0.25) is 0 Å². The van der Waals surface area contributed by atoms with Gasteiger partial charge in [-0.05, 0) is 23.3 Å². The summed E-state index contributed by atoms with van der Waals surface area (Å²) in [6.45, 7) is 0. The predicted octanol–water partition coefficient (Wildman–Crippen LogP) is 2.99. The highest BCUT2D eigenvalue weighted by atomic mass is 16.1. The molecule has 1 N–H and O–H groups in total. The van der Waals surface area contributed by atoms with Crippen molar-refractivity contribution >= 4 is 10.8 Å². The maximum Gasteiger partial charge on any atom is 0.256 e. The number of nitrogens with zero attached hydrogens (tertiary/aromatic N) is 3. The minimum atomic E-state index is -0.101. The third-order valence-electron chi connectivity index (χ3n) is 3.88. The van der Waals surface area contributed by atoms with Crippen LogP contribution in [0.2, 0.25) is 0 Å². The lowest BCUT2D eigenvalue weighted by Crippen LogP contribution is -2.07. The van der Waals surface area contributed by atoms with Gasteiger partial charge in [-0.25, -0.2) is 0 Å². The van der Waals surface area contributed by atoms with Crippen LogP contribution in [0.5, 0.6) is 0 Å². The van der Waals surface area contributed by atoms with E-state index in [1.807, 2.05) is 49.8 Å². The molecular weight excluding hydrogens is 288 g/mol. The van der Waals surface area contributed by atoms with Crippen molar-refractivity contribution in [1.29, 1.82) is 0 Å². The molecule has 3 aromatic heterocycles. The summed E-state index contributed by atoms with van der Waals surface area (Å²) in [6.07, 6.45) is 7.13. The minimum absolute atomic E-state index is 0.101. The van der Waals surface area contributed by atoms with Crippen LogP contribution < -0.4 is 5.56 Å². The average Bonchev–Trinajstić information content (AvgIpc) is 3.01. The molecule has 3 heterocycles. The van der Waals surface area contributed by atoms with Crippen LogP contribution in [0.4, 0.5) is 0 Å². The summed E-state index contributed by atoms with van der Waals surface area (Å²) in [6, 6.07) is 11.7. The Morgan fingerprint density at radius 1 is 1.00 bits per heavy atom. The topological polar surface area (TPSA) is 63.6 Å². The first-order chi connectivity index (χ1) is 11.2. The monoisotopic (exact) mass is 302 g/mol. The Balaban J connectivity index is 1.77. The van der Waals surface area contributed by atoms with Crippen LogP contribution in [0.1, 0.15) is 0 Å². The number of aryl methyl sites for hydroxylation is 1. The van der Waals surface area contributed by atoms with Crippen LogP contribution in [0.3, 0.4) is 0 Å². The Hall–Kier alpha value is -3.21. The third kappa shape index (κ3) is 2.42. The summed E-state index contributed by atoms with van der Waals surface area (Å²) in [5, 5.41) is 5.67. The molecule has 0 saturated heterocycles. The number of benzene rings is 1. The fraction of sp³-hybridized carbons (Fsp3) is 0.0556. The number of aromatic amines is 1. The second-order valence-corrected chi connectivity index (χ2v) is 5.46. The van der Waals surface area contributed by atoms with E-state index in [1.165, 1.54) is 0 Å². The second-order valence-electron chi connectivity index (χ2n) is 5.46. The van der Waals surface area contributed by atoms with Gasteiger partial charge in [0.1, 0.15) is 0 Å². The van der Waals surface area contributed by atoms with E-state index in [1.54, 1.807) is 23.1 Å². The van der Waals surface area contributed by atoms with Crippen molar-refractivity contribution in [2.45, 2.75) is 0 Å². The molecule has 0 unspecified atom stereocenters. The molecule has 0 radical (unpaired) electrons. The van der Waals surface area contributed by atoms with Crippen LogP contribution in [0.15, 0.2) is 66.0 Å². The standard InChI is InChI=1S/C18H14N4O/c1-22-11-15(10-20-22)12-2-4-13(5-3-12)17-8-14-9-19-7-6-16(14)18(23)21-17/h2-11H,1H3,(H,21,23). The van der Waals surface area contributed by atoms with E-state index in [2.05, 4.69) is 15.1 Å². The molecule has 0 fully saturated rings. The van der Waals surface area contributed by atoms with Gasteiger partial charge in [-0.3, -0.25) is 14.5 Å². The number of H-pyrrole nitrogens is 1. The zero-order chi connectivity index (χ0) is 15.8. The first kappa shape index (κ1) is 13.5. The van der Waals surface area contributed by atoms with Crippen LogP contribution in [0.25, 0.3) is 33.2 Å². The first-order valence-electron chi connectivity index (χ1n) is 7.27. The number of nitrogens with one attached hydrogen (secondary N) is 1. The summed E-state index contributed by atoms with van der Waals surface area (Å²) in [4.78, 5) is 19.2. The number of rotatable bonds is 2. The smallest absolute Gasteiger partial charge is 0.256 e. The van der Waals surface area contributed by atoms with Crippen LogP contribution in [-0.2, 0) is 7.05 Å². The Kier molecular flexibility index (Phi) is 3.05. The lowest BCUT2D eigenvalue weighted by atomic mass is 10.0. The normalized spacial score (nSPS) is 11.0. The highest BCUT2D eigenvalue weighted by Gasteiger charge is 2.05. The average molecular weight is 302 g/mol. The number of hydrogen-bond acceptors (Lipinski definition) is 3. The van der Waals surface area contributed by atoms with Crippen molar-refractivity contribution in [2.75, 3.05) is 0 Å². The third-order valence-corrected chi connectivity index (χ3v) is 3.88. The number of hydrogen-bond donors (Lipinski definition) is 1. The van der Waals surface area contributed by atoms with E-state index in [9.17, 15) is 4.79 Å². The molecule has 5 heteroatoms. The molecule has 0 atom stereocenters. The molecule has 0 bridgehead atoms. The zero-order valence-corrected chi connectivity index (χ0v) is 12.5. The van der Waals surface area contributed by atoms with Gasteiger partial charge in [0.15, 0.2) is 0 Å². The van der Waals surface area contributed by atoms with E-state index < -0.39 is 0 Å². The molecule has 4 rings (SSSR count). The fourth-order valence-corrected chi connectivity index (χ4v) is 2.68. The summed E-state index contributed by atoms with van der Waals surface area (Å²) in [5.74, 6) is 0. The molecule has 4 aromatic rings. The number of fused-ring (bicyclic) bond motifs is 1. The number of pyridine rings is 2. The van der Waals surface area contributed by atoms with Crippen molar-refractivity contribution in [3.8, 4) is 22.4 Å². The SMILES string of the molecule is Cn1cc(-c2ccc(-c3cc4cnccc4c(=O)[nH]3)cc2)cn1. The van der Waals surface area contributed by atoms with Crippen molar-refractivity contribution in [2.24, 2.45) is 7.05 Å². The van der Waals surface area contributed by atoms with E-state index >= 15 is 0 Å². The van der Waals surface area contributed by atoms with E-state index in [0.29, 0.717) is 5.39 Å². The van der Waals surface area contributed by atoms with Gasteiger partial charge in [-0.2, -0.15) is 5.10 Å². The van der Waals surface area contributed by atoms with Crippen LogP contribution in [-0.4, -0.2) is 19.7 Å². The molecule has 0 amide bonds. The molecule has 0 aliphatic carbocycles. The highest BCUT2D eigenvalue weighted by Crippen LogP contribution is 2.24. The Morgan fingerprint density at radius 2 is 1.78 bits per heavy atom. The molecule has 5 nitrogen and oxygen atoms in total. The van der Waals surface area contributed by atoms with Crippen molar-refractivity contribution < 1.29 is 0 Å². The van der Waals surface area contributed by atoms with Gasteiger partial charge >= 0.3 is 0 Å². The molecule has 0 spiro atoms. The van der Waals surface area contributed by atoms with Gasteiger partial charge in [-0.1, -0.05) is 24.3 Å².